The number of hydrogen-bond acceptors (Lipinski definition) is 5. The van der Waals surface area contributed by atoms with E-state index in [2.05, 4.69) is 0 Å². The van der Waals surface area contributed by atoms with Crippen molar-refractivity contribution >= 4 is 16.0 Å². The molecule has 7 heteroatoms. The molecule has 144 valence electrons. The quantitative estimate of drug-likeness (QED) is 0.709. The molecule has 6 nitrogen and oxygen atoms in total. The molecule has 1 fully saturated rings. The highest BCUT2D eigenvalue weighted by Gasteiger charge is 2.30. The molecule has 0 aliphatic carbocycles. The van der Waals surface area contributed by atoms with Gasteiger partial charge in [0.15, 0.2) is 0 Å². The topological polar surface area (TPSA) is 72.9 Å². The minimum atomic E-state index is -3.72. The zero-order valence-electron chi connectivity index (χ0n) is 15.3. The van der Waals surface area contributed by atoms with Gasteiger partial charge in [0.1, 0.15) is 12.4 Å². The number of piperidine rings is 1. The summed E-state index contributed by atoms with van der Waals surface area (Å²) in [5, 5.41) is 0. The van der Waals surface area contributed by atoms with Crippen LogP contribution < -0.4 is 4.74 Å². The molecular formula is C20H23NO5S. The van der Waals surface area contributed by atoms with Crippen LogP contribution in [0, 0.1) is 0 Å². The number of carbonyl (C=O) groups excluding carboxylic acids is 1. The smallest absolute Gasteiger partial charge is 0.339 e. The molecule has 0 aromatic heterocycles. The van der Waals surface area contributed by atoms with Crippen LogP contribution in [-0.2, 0) is 21.4 Å². The predicted molar refractivity (Wildman–Crippen MR) is 101 cm³/mol. The fourth-order valence-corrected chi connectivity index (χ4v) is 4.79. The van der Waals surface area contributed by atoms with E-state index in [1.54, 1.807) is 37.4 Å². The van der Waals surface area contributed by atoms with Crippen molar-refractivity contribution in [2.45, 2.75) is 30.8 Å². The highest BCUT2D eigenvalue weighted by Crippen LogP contribution is 2.24. The monoisotopic (exact) mass is 389 g/mol. The molecule has 0 saturated carbocycles. The highest BCUT2D eigenvalue weighted by molar-refractivity contribution is 7.89. The first kappa shape index (κ1) is 19.4. The number of nitrogens with zero attached hydrogens (tertiary/aromatic N) is 1. The lowest BCUT2D eigenvalue weighted by Crippen LogP contribution is -2.36. The number of carbonyl (C=O) groups is 1. The van der Waals surface area contributed by atoms with E-state index in [0.29, 0.717) is 18.8 Å². The fourth-order valence-electron chi connectivity index (χ4n) is 3.09. The third kappa shape index (κ3) is 4.48. The number of benzene rings is 2. The molecule has 1 aliphatic heterocycles. The van der Waals surface area contributed by atoms with Crippen LogP contribution in [0.25, 0.3) is 0 Å². The summed E-state index contributed by atoms with van der Waals surface area (Å²) in [4.78, 5) is 12.6. The minimum absolute atomic E-state index is 0.00235. The van der Waals surface area contributed by atoms with Crippen LogP contribution in [0.3, 0.4) is 0 Å². The number of sulfonamides is 1. The minimum Gasteiger partial charge on any atom is -0.497 e. The summed E-state index contributed by atoms with van der Waals surface area (Å²) in [6, 6.07) is 13.4. The Hall–Kier alpha value is -2.38. The van der Waals surface area contributed by atoms with Crippen LogP contribution in [0.15, 0.2) is 53.4 Å². The standard InChI is InChI=1S/C20H23NO5S/c1-25-17-9-7-8-16(14-17)15-26-20(22)18-10-3-4-11-19(18)27(23,24)21-12-5-2-6-13-21/h3-4,7-11,14H,2,5-6,12-13,15H2,1H3. The second-order valence-corrected chi connectivity index (χ2v) is 8.29. The summed E-state index contributed by atoms with van der Waals surface area (Å²) >= 11 is 0. The zero-order valence-corrected chi connectivity index (χ0v) is 16.1. The van der Waals surface area contributed by atoms with Gasteiger partial charge in [-0.3, -0.25) is 0 Å². The van der Waals surface area contributed by atoms with Crippen LogP contribution in [-0.4, -0.2) is 38.9 Å². The summed E-state index contributed by atoms with van der Waals surface area (Å²) in [5.41, 5.74) is 0.824. The van der Waals surface area contributed by atoms with Crippen molar-refractivity contribution in [3.05, 3.63) is 59.7 Å². The largest absolute Gasteiger partial charge is 0.497 e. The van der Waals surface area contributed by atoms with Gasteiger partial charge in [0.25, 0.3) is 0 Å². The van der Waals surface area contributed by atoms with Crippen molar-refractivity contribution in [1.29, 1.82) is 0 Å². The molecular weight excluding hydrogens is 366 g/mol. The van der Waals surface area contributed by atoms with E-state index in [1.807, 2.05) is 6.07 Å². The molecule has 1 heterocycles. The van der Waals surface area contributed by atoms with Gasteiger partial charge in [-0.1, -0.05) is 30.7 Å². The summed E-state index contributed by atoms with van der Waals surface area (Å²) in [7, 11) is -2.16. The maximum Gasteiger partial charge on any atom is 0.339 e. The number of methoxy groups -OCH3 is 1. The van der Waals surface area contributed by atoms with Gasteiger partial charge in [0.2, 0.25) is 10.0 Å². The molecule has 0 N–H and O–H groups in total. The molecule has 2 aromatic rings. The van der Waals surface area contributed by atoms with E-state index in [-0.39, 0.29) is 17.1 Å². The SMILES string of the molecule is COc1cccc(COC(=O)c2ccccc2S(=O)(=O)N2CCCCC2)c1. The van der Waals surface area contributed by atoms with Crippen molar-refractivity contribution in [3.8, 4) is 5.75 Å². The first-order valence-electron chi connectivity index (χ1n) is 8.91. The van der Waals surface area contributed by atoms with Crippen LogP contribution in [0.1, 0.15) is 35.2 Å². The van der Waals surface area contributed by atoms with Crippen LogP contribution in [0.5, 0.6) is 5.75 Å². The van der Waals surface area contributed by atoms with E-state index in [0.717, 1.165) is 24.8 Å². The molecule has 0 bridgehead atoms. The molecule has 0 atom stereocenters. The Bertz CT molecular complexity index is 904. The third-order valence-corrected chi connectivity index (χ3v) is 6.50. The number of esters is 1. The molecule has 1 saturated heterocycles. The molecule has 1 aliphatic rings. The van der Waals surface area contributed by atoms with Crippen LogP contribution in [0.2, 0.25) is 0 Å². The lowest BCUT2D eigenvalue weighted by atomic mass is 10.2. The van der Waals surface area contributed by atoms with E-state index in [9.17, 15) is 13.2 Å². The Labute approximate surface area is 159 Å². The lowest BCUT2D eigenvalue weighted by Gasteiger charge is -2.26. The molecule has 0 unspecified atom stereocenters. The Morgan fingerprint density at radius 1 is 1.04 bits per heavy atom. The summed E-state index contributed by atoms with van der Waals surface area (Å²) < 4.78 is 37.9. The summed E-state index contributed by atoms with van der Waals surface area (Å²) in [6.07, 6.45) is 2.69. The highest BCUT2D eigenvalue weighted by atomic mass is 32.2. The van der Waals surface area contributed by atoms with Gasteiger partial charge < -0.3 is 9.47 Å². The van der Waals surface area contributed by atoms with E-state index in [4.69, 9.17) is 9.47 Å². The fraction of sp³-hybridized carbons (Fsp3) is 0.350. The number of hydrogen-bond donors (Lipinski definition) is 0. The van der Waals surface area contributed by atoms with Gasteiger partial charge in [-0.25, -0.2) is 13.2 Å². The van der Waals surface area contributed by atoms with Gasteiger partial charge in [-0.15, -0.1) is 0 Å². The van der Waals surface area contributed by atoms with E-state index in [1.165, 1.54) is 16.4 Å². The predicted octanol–water partition coefficient (Wildman–Crippen LogP) is 3.23. The normalized spacial score (nSPS) is 15.3. The summed E-state index contributed by atoms with van der Waals surface area (Å²) in [5.74, 6) is 0.00521. The molecule has 3 rings (SSSR count). The molecule has 2 aromatic carbocycles. The van der Waals surface area contributed by atoms with Crippen LogP contribution in [0.4, 0.5) is 0 Å². The Balaban J connectivity index is 1.79. The van der Waals surface area contributed by atoms with Gasteiger partial charge in [-0.05, 0) is 42.7 Å². The average Bonchev–Trinajstić information content (AvgIpc) is 2.72. The molecule has 0 amide bonds. The average molecular weight is 389 g/mol. The Morgan fingerprint density at radius 3 is 2.52 bits per heavy atom. The second kappa shape index (κ2) is 8.54. The summed E-state index contributed by atoms with van der Waals surface area (Å²) in [6.45, 7) is 0.999. The van der Waals surface area contributed by atoms with Crippen molar-refractivity contribution < 1.29 is 22.7 Å². The maximum atomic E-state index is 13.0. The van der Waals surface area contributed by atoms with Crippen molar-refractivity contribution in [3.63, 3.8) is 0 Å². The number of ether oxygens (including phenoxy) is 2. The van der Waals surface area contributed by atoms with Gasteiger partial charge in [-0.2, -0.15) is 4.31 Å². The number of rotatable bonds is 6. The van der Waals surface area contributed by atoms with Crippen LogP contribution >= 0.6 is 0 Å². The van der Waals surface area contributed by atoms with Gasteiger partial charge in [0, 0.05) is 13.1 Å². The van der Waals surface area contributed by atoms with E-state index >= 15 is 0 Å². The van der Waals surface area contributed by atoms with Crippen molar-refractivity contribution in [2.24, 2.45) is 0 Å². The molecule has 0 spiro atoms. The second-order valence-electron chi connectivity index (χ2n) is 6.39. The first-order valence-corrected chi connectivity index (χ1v) is 10.4. The van der Waals surface area contributed by atoms with Crippen molar-refractivity contribution in [2.75, 3.05) is 20.2 Å². The molecule has 27 heavy (non-hydrogen) atoms. The lowest BCUT2D eigenvalue weighted by molar-refractivity contribution is 0.0467. The van der Waals surface area contributed by atoms with Gasteiger partial charge in [0.05, 0.1) is 17.6 Å². The molecule has 0 radical (unpaired) electrons. The van der Waals surface area contributed by atoms with E-state index < -0.39 is 16.0 Å². The first-order chi connectivity index (χ1) is 13.0. The maximum absolute atomic E-state index is 13.0. The third-order valence-electron chi connectivity index (χ3n) is 4.54. The van der Waals surface area contributed by atoms with Crippen molar-refractivity contribution in [1.82, 2.24) is 4.31 Å². The Kier molecular flexibility index (Phi) is 6.13. The zero-order chi connectivity index (χ0) is 19.3. The Morgan fingerprint density at radius 2 is 1.78 bits per heavy atom. The van der Waals surface area contributed by atoms with Gasteiger partial charge >= 0.3 is 5.97 Å².